The summed E-state index contributed by atoms with van der Waals surface area (Å²) in [4.78, 5) is 78.7. The first kappa shape index (κ1) is 50.4. The van der Waals surface area contributed by atoms with E-state index in [9.17, 15) is 42.7 Å². The van der Waals surface area contributed by atoms with E-state index in [2.05, 4.69) is 15.4 Å². The summed E-state index contributed by atoms with van der Waals surface area (Å²) in [6.07, 6.45) is -1.49. The quantitative estimate of drug-likeness (QED) is 0.113. The number of halogens is 4. The number of nitrogens with one attached hydrogen (secondary N) is 2. The van der Waals surface area contributed by atoms with E-state index in [1.807, 2.05) is 0 Å². The maximum atomic E-state index is 14.6. The van der Waals surface area contributed by atoms with Gasteiger partial charge in [-0.25, -0.2) is 28.0 Å². The third-order valence-electron chi connectivity index (χ3n) is 9.14. The summed E-state index contributed by atoms with van der Waals surface area (Å²) in [5, 5.41) is 15.6. The highest BCUT2D eigenvalue weighted by Gasteiger charge is 2.36. The predicted molar refractivity (Wildman–Crippen MR) is 244 cm³/mol. The number of methoxy groups -OCH3 is 1. The van der Waals surface area contributed by atoms with Crippen LogP contribution < -0.4 is 20.4 Å². The Labute approximate surface area is 392 Å². The molecule has 4 aromatic carbocycles. The van der Waals surface area contributed by atoms with Crippen molar-refractivity contribution in [3.05, 3.63) is 117 Å². The Morgan fingerprint density at radius 1 is 0.677 bits per heavy atom. The first-order valence-electron chi connectivity index (χ1n) is 19.8. The number of aromatic carboxylic acids is 1. The molecule has 65 heavy (non-hydrogen) atoms. The summed E-state index contributed by atoms with van der Waals surface area (Å²) in [6, 6.07) is 16.5. The van der Waals surface area contributed by atoms with Gasteiger partial charge in [-0.15, -0.1) is 23.5 Å². The molecule has 0 unspecified atom stereocenters. The lowest BCUT2D eigenvalue weighted by atomic mass is 10.1. The molecule has 0 aliphatic carbocycles. The van der Waals surface area contributed by atoms with Crippen LogP contribution in [0.25, 0.3) is 0 Å². The molecule has 2 atom stereocenters. The van der Waals surface area contributed by atoms with Gasteiger partial charge in [0.05, 0.1) is 42.7 Å². The molecule has 3 N–H and O–H groups in total. The van der Waals surface area contributed by atoms with Crippen LogP contribution in [0.15, 0.2) is 82.6 Å². The van der Waals surface area contributed by atoms with E-state index in [1.54, 1.807) is 90.1 Å². The van der Waals surface area contributed by atoms with Crippen molar-refractivity contribution in [2.24, 2.45) is 0 Å². The third-order valence-corrected chi connectivity index (χ3v) is 11.9. The molecule has 6 rings (SSSR count). The Morgan fingerprint density at radius 3 is 1.40 bits per heavy atom. The maximum absolute atomic E-state index is 14.6. The lowest BCUT2D eigenvalue weighted by molar-refractivity contribution is -0.120. The van der Waals surface area contributed by atoms with E-state index >= 15 is 0 Å². The summed E-state index contributed by atoms with van der Waals surface area (Å²) in [5.74, 6) is -4.59. The van der Waals surface area contributed by atoms with E-state index in [4.69, 9.17) is 32.7 Å². The van der Waals surface area contributed by atoms with Crippen molar-refractivity contribution < 1.29 is 56.9 Å². The number of hydrogen-bond acceptors (Lipinski definition) is 11. The normalized spacial score (nSPS) is 16.1. The first-order chi connectivity index (χ1) is 30.4. The van der Waals surface area contributed by atoms with E-state index in [0.717, 1.165) is 42.1 Å². The van der Waals surface area contributed by atoms with Crippen LogP contribution >= 0.6 is 46.7 Å². The van der Waals surface area contributed by atoms with Gasteiger partial charge in [0.1, 0.15) is 34.9 Å². The number of esters is 1. The summed E-state index contributed by atoms with van der Waals surface area (Å²) in [6.45, 7) is 10.4. The van der Waals surface area contributed by atoms with E-state index in [-0.39, 0.29) is 35.8 Å². The van der Waals surface area contributed by atoms with Gasteiger partial charge >= 0.3 is 24.1 Å². The molecule has 0 saturated carbocycles. The van der Waals surface area contributed by atoms with Crippen LogP contribution in [0.3, 0.4) is 0 Å². The minimum absolute atomic E-state index is 0.0702. The van der Waals surface area contributed by atoms with Crippen molar-refractivity contribution >= 4 is 94.0 Å². The van der Waals surface area contributed by atoms with E-state index in [1.165, 1.54) is 33.7 Å². The lowest BCUT2D eigenvalue weighted by Gasteiger charge is -2.27. The van der Waals surface area contributed by atoms with Crippen molar-refractivity contribution in [3.63, 3.8) is 0 Å². The van der Waals surface area contributed by atoms with Gasteiger partial charge in [-0.2, -0.15) is 0 Å². The van der Waals surface area contributed by atoms with Gasteiger partial charge in [0, 0.05) is 31.3 Å². The molecule has 0 spiro atoms. The molecule has 2 aliphatic rings. The molecule has 4 aromatic rings. The number of carboxylic acids is 1. The number of benzene rings is 4. The lowest BCUT2D eigenvalue weighted by Crippen LogP contribution is -2.50. The Hall–Kier alpha value is -5.56. The standard InChI is InChI=1S/C23H24ClFN2O5S.C22H22ClFN2O5S/c1-23(2,3)32-22(30)26-17-12-33-19-10-16(25)15(21(29)31-4)9-18(19)27(20(17)28)11-13-5-7-14(24)8-6-13;1-22(2,3)31-21(30)25-16-11-32-18-9-15(24)14(20(28)29)8-17(18)26(19(16)27)10-12-4-6-13(23)7-5-12/h5-10,17H,11-12H2,1-4H3,(H,26,30);4-9,16H,10-11H2,1-3H3,(H,25,30)(H,28,29)/t17-;16-/m00/s1. The number of nitrogens with zero attached hydrogens (tertiary/aromatic N) is 2. The zero-order chi connectivity index (χ0) is 48.0. The Balaban J connectivity index is 0.000000244. The fraction of sp³-hybridized carbons (Fsp3) is 0.333. The molecule has 2 heterocycles. The van der Waals surface area contributed by atoms with Crippen LogP contribution in [-0.4, -0.2) is 82.9 Å². The SMILES string of the molecule is CC(C)(C)OC(=O)N[C@H]1CSc2cc(F)c(C(=O)O)cc2N(Cc2ccc(Cl)cc2)C1=O.COC(=O)c1cc2c(cc1F)SC[C@H](NC(=O)OC(C)(C)C)C(=O)N2Cc1ccc(Cl)cc1. The Kier molecular flexibility index (Phi) is 16.4. The van der Waals surface area contributed by atoms with Crippen LogP contribution in [0.5, 0.6) is 0 Å². The number of hydrogen-bond donors (Lipinski definition) is 3. The molecule has 0 aromatic heterocycles. The molecule has 0 fully saturated rings. The maximum Gasteiger partial charge on any atom is 0.408 e. The molecule has 20 heteroatoms. The van der Waals surface area contributed by atoms with Crippen molar-refractivity contribution in [3.8, 4) is 0 Å². The fourth-order valence-electron chi connectivity index (χ4n) is 6.25. The zero-order valence-electron chi connectivity index (χ0n) is 36.3. The van der Waals surface area contributed by atoms with E-state index in [0.29, 0.717) is 25.5 Å². The third kappa shape index (κ3) is 13.7. The van der Waals surface area contributed by atoms with Crippen molar-refractivity contribution in [1.29, 1.82) is 0 Å². The van der Waals surface area contributed by atoms with Crippen molar-refractivity contribution in [1.82, 2.24) is 10.6 Å². The van der Waals surface area contributed by atoms with Gasteiger partial charge in [0.15, 0.2) is 0 Å². The number of ether oxygens (including phenoxy) is 3. The van der Waals surface area contributed by atoms with Gasteiger partial charge in [-0.05, 0) is 101 Å². The zero-order valence-corrected chi connectivity index (χ0v) is 39.4. The van der Waals surface area contributed by atoms with E-state index < -0.39 is 76.4 Å². The summed E-state index contributed by atoms with van der Waals surface area (Å²) < 4.78 is 44.2. The molecule has 0 bridgehead atoms. The van der Waals surface area contributed by atoms with Gasteiger partial charge in [-0.3, -0.25) is 9.59 Å². The monoisotopic (exact) mass is 974 g/mol. The molecule has 346 valence electrons. The highest BCUT2D eigenvalue weighted by Crippen LogP contribution is 2.39. The molecule has 4 amide bonds. The fourth-order valence-corrected chi connectivity index (χ4v) is 8.65. The van der Waals surface area contributed by atoms with Crippen molar-refractivity contribution in [2.75, 3.05) is 28.4 Å². The minimum Gasteiger partial charge on any atom is -0.478 e. The first-order valence-corrected chi connectivity index (χ1v) is 22.5. The van der Waals surface area contributed by atoms with Gasteiger partial charge in [-0.1, -0.05) is 47.5 Å². The van der Waals surface area contributed by atoms with Crippen LogP contribution in [0.4, 0.5) is 29.7 Å². The molecule has 0 saturated heterocycles. The number of alkyl carbamates (subject to hydrolysis) is 2. The number of fused-ring (bicyclic) bond motifs is 2. The molecular formula is C45H46Cl2F2N4O10S2. The number of anilines is 2. The molecule has 0 radical (unpaired) electrons. The summed E-state index contributed by atoms with van der Waals surface area (Å²) >= 11 is 14.3. The minimum atomic E-state index is -1.44. The summed E-state index contributed by atoms with van der Waals surface area (Å²) in [7, 11) is 1.15. The number of carbonyl (C=O) groups excluding carboxylic acids is 5. The number of carboxylic acid groups (broad SMARTS) is 1. The number of amides is 4. The second kappa shape index (κ2) is 21.2. The van der Waals surface area contributed by atoms with Gasteiger partial charge < -0.3 is 39.8 Å². The Morgan fingerprint density at radius 2 is 1.05 bits per heavy atom. The Bertz CT molecular complexity index is 2470. The molecule has 2 aliphatic heterocycles. The molecular weight excluding hydrogens is 930 g/mol. The smallest absolute Gasteiger partial charge is 0.408 e. The van der Waals surface area contributed by atoms with Crippen LogP contribution in [0.2, 0.25) is 10.0 Å². The summed E-state index contributed by atoms with van der Waals surface area (Å²) in [5.41, 5.74) is -0.256. The van der Waals surface area contributed by atoms with Crippen LogP contribution in [0, 0.1) is 11.6 Å². The largest absolute Gasteiger partial charge is 0.478 e. The number of carbonyl (C=O) groups is 6. The highest BCUT2D eigenvalue weighted by molar-refractivity contribution is 7.99. The second-order valence-electron chi connectivity index (χ2n) is 16.5. The predicted octanol–water partition coefficient (Wildman–Crippen LogP) is 9.51. The topological polar surface area (TPSA) is 181 Å². The number of rotatable bonds is 8. The van der Waals surface area contributed by atoms with Crippen LogP contribution in [0.1, 0.15) is 73.4 Å². The highest BCUT2D eigenvalue weighted by atomic mass is 35.5. The average Bonchev–Trinajstić information content (AvgIpc) is 3.40. The van der Waals surface area contributed by atoms with Gasteiger partial charge in [0.2, 0.25) is 0 Å². The number of thioether (sulfide) groups is 2. The van der Waals surface area contributed by atoms with Crippen molar-refractivity contribution in [2.45, 2.75) is 87.7 Å². The van der Waals surface area contributed by atoms with Gasteiger partial charge in [0.25, 0.3) is 11.8 Å². The average molecular weight is 976 g/mol. The molecule has 14 nitrogen and oxygen atoms in total. The van der Waals surface area contributed by atoms with Crippen LogP contribution in [-0.2, 0) is 36.9 Å². The second-order valence-corrected chi connectivity index (χ2v) is 19.5.